The summed E-state index contributed by atoms with van der Waals surface area (Å²) in [5.41, 5.74) is 4.18. The van der Waals surface area contributed by atoms with Crippen molar-refractivity contribution in [3.63, 3.8) is 0 Å². The maximum Gasteiger partial charge on any atom is 0.231 e. The van der Waals surface area contributed by atoms with Crippen molar-refractivity contribution in [2.24, 2.45) is 0 Å². The maximum absolute atomic E-state index is 5.49. The van der Waals surface area contributed by atoms with Crippen LogP contribution in [0.15, 0.2) is 48.7 Å². The first-order valence-corrected chi connectivity index (χ1v) is 9.67. The number of benzene rings is 2. The minimum Gasteiger partial charge on any atom is -0.454 e. The summed E-state index contributed by atoms with van der Waals surface area (Å²) in [5.74, 6) is 1.53. The van der Waals surface area contributed by atoms with Gasteiger partial charge in [0.25, 0.3) is 0 Å². The van der Waals surface area contributed by atoms with E-state index in [1.54, 1.807) is 11.3 Å². The van der Waals surface area contributed by atoms with Gasteiger partial charge in [-0.15, -0.1) is 5.10 Å². The van der Waals surface area contributed by atoms with Crippen molar-refractivity contribution < 1.29 is 9.47 Å². The van der Waals surface area contributed by atoms with E-state index >= 15 is 0 Å². The molecule has 8 heteroatoms. The SMILES string of the molecule is CN(C)c1cccc(-c2cnc3sc(N(C)c4ccc5c(c4)OCO5)nn23)c1. The number of ether oxygens (including phenoxy) is 2. The molecule has 0 saturated heterocycles. The van der Waals surface area contributed by atoms with Crippen molar-refractivity contribution in [2.75, 3.05) is 37.7 Å². The first kappa shape index (κ1) is 16.9. The van der Waals surface area contributed by atoms with Crippen LogP contribution in [-0.2, 0) is 0 Å². The molecule has 2 aromatic carbocycles. The van der Waals surface area contributed by atoms with Gasteiger partial charge in [0, 0.05) is 44.1 Å². The van der Waals surface area contributed by atoms with Crippen LogP contribution in [0.5, 0.6) is 11.5 Å². The normalized spacial score (nSPS) is 12.5. The lowest BCUT2D eigenvalue weighted by Gasteiger charge is -2.15. The fourth-order valence-electron chi connectivity index (χ4n) is 3.16. The highest BCUT2D eigenvalue weighted by molar-refractivity contribution is 7.20. The number of rotatable bonds is 4. The van der Waals surface area contributed by atoms with E-state index in [9.17, 15) is 0 Å². The van der Waals surface area contributed by atoms with Gasteiger partial charge < -0.3 is 19.3 Å². The molecule has 1 aliphatic rings. The second kappa shape index (κ2) is 6.42. The van der Waals surface area contributed by atoms with Crippen molar-refractivity contribution in [2.45, 2.75) is 0 Å². The summed E-state index contributed by atoms with van der Waals surface area (Å²) in [6.45, 7) is 0.267. The molecule has 0 fully saturated rings. The Morgan fingerprint density at radius 3 is 2.71 bits per heavy atom. The molecule has 2 aromatic heterocycles. The standard InChI is InChI=1S/C20H19N5O2S/c1-23(2)14-6-4-5-13(9-14)16-11-21-19-25(16)22-20(28-19)24(3)15-7-8-17-18(10-15)27-12-26-17/h4-11H,12H2,1-3H3. The molecule has 3 heterocycles. The van der Waals surface area contributed by atoms with Crippen LogP contribution < -0.4 is 19.3 Å². The van der Waals surface area contributed by atoms with Crippen molar-refractivity contribution in [3.05, 3.63) is 48.7 Å². The van der Waals surface area contributed by atoms with Crippen LogP contribution in [0.25, 0.3) is 16.2 Å². The summed E-state index contributed by atoms with van der Waals surface area (Å²) in [5, 5.41) is 5.66. The molecule has 0 spiro atoms. The Bertz CT molecular complexity index is 1170. The van der Waals surface area contributed by atoms with Gasteiger partial charge in [0.15, 0.2) is 11.5 Å². The molecule has 4 aromatic rings. The van der Waals surface area contributed by atoms with E-state index < -0.39 is 0 Å². The molecule has 0 atom stereocenters. The van der Waals surface area contributed by atoms with Gasteiger partial charge in [-0.2, -0.15) is 0 Å². The number of hydrogen-bond acceptors (Lipinski definition) is 7. The van der Waals surface area contributed by atoms with Gasteiger partial charge in [0.2, 0.25) is 16.9 Å². The molecular formula is C20H19N5O2S. The lowest BCUT2D eigenvalue weighted by atomic mass is 10.1. The summed E-state index contributed by atoms with van der Waals surface area (Å²) < 4.78 is 12.8. The molecule has 28 heavy (non-hydrogen) atoms. The number of aromatic nitrogens is 3. The molecule has 142 valence electrons. The molecule has 0 aliphatic carbocycles. The minimum atomic E-state index is 0.267. The Kier molecular flexibility index (Phi) is 3.87. The molecule has 0 amide bonds. The molecule has 0 unspecified atom stereocenters. The van der Waals surface area contributed by atoms with Crippen LogP contribution in [0.1, 0.15) is 0 Å². The second-order valence-corrected chi connectivity index (χ2v) is 7.70. The zero-order valence-electron chi connectivity index (χ0n) is 15.8. The number of imidazole rings is 1. The fourth-order valence-corrected chi connectivity index (χ4v) is 4.02. The molecule has 7 nitrogen and oxygen atoms in total. The lowest BCUT2D eigenvalue weighted by Crippen LogP contribution is -2.09. The predicted octanol–water partition coefficient (Wildman–Crippen LogP) is 4.02. The third-order valence-corrected chi connectivity index (χ3v) is 5.76. The first-order chi connectivity index (χ1) is 13.6. The van der Waals surface area contributed by atoms with E-state index in [-0.39, 0.29) is 6.79 Å². The number of nitrogens with zero attached hydrogens (tertiary/aromatic N) is 5. The number of hydrogen-bond donors (Lipinski definition) is 0. The molecule has 5 rings (SSSR count). The topological polar surface area (TPSA) is 55.1 Å². The Morgan fingerprint density at radius 1 is 1.00 bits per heavy atom. The van der Waals surface area contributed by atoms with E-state index in [4.69, 9.17) is 14.6 Å². The molecule has 0 radical (unpaired) electrons. The van der Waals surface area contributed by atoms with Crippen molar-refractivity contribution >= 4 is 32.8 Å². The van der Waals surface area contributed by atoms with Crippen LogP contribution >= 0.6 is 11.3 Å². The molecule has 1 aliphatic heterocycles. The highest BCUT2D eigenvalue weighted by atomic mass is 32.1. The Hall–Kier alpha value is -3.26. The van der Waals surface area contributed by atoms with Gasteiger partial charge in [0.05, 0.1) is 11.9 Å². The van der Waals surface area contributed by atoms with Crippen LogP contribution in [0.3, 0.4) is 0 Å². The van der Waals surface area contributed by atoms with Gasteiger partial charge in [-0.25, -0.2) is 9.50 Å². The van der Waals surface area contributed by atoms with Crippen molar-refractivity contribution in [3.8, 4) is 22.8 Å². The number of anilines is 3. The van der Waals surface area contributed by atoms with E-state index in [1.807, 2.05) is 55.0 Å². The highest BCUT2D eigenvalue weighted by Gasteiger charge is 2.19. The lowest BCUT2D eigenvalue weighted by molar-refractivity contribution is 0.174. The zero-order valence-corrected chi connectivity index (χ0v) is 16.6. The third kappa shape index (κ3) is 2.73. The average molecular weight is 393 g/mol. The van der Waals surface area contributed by atoms with E-state index in [1.165, 1.54) is 0 Å². The monoisotopic (exact) mass is 393 g/mol. The summed E-state index contributed by atoms with van der Waals surface area (Å²) in [6, 6.07) is 14.2. The molecule has 0 bridgehead atoms. The van der Waals surface area contributed by atoms with E-state index in [0.717, 1.165) is 44.2 Å². The second-order valence-electron chi connectivity index (χ2n) is 6.76. The number of fused-ring (bicyclic) bond motifs is 2. The summed E-state index contributed by atoms with van der Waals surface area (Å²) in [6.07, 6.45) is 1.87. The largest absolute Gasteiger partial charge is 0.454 e. The van der Waals surface area contributed by atoms with Crippen LogP contribution in [0, 0.1) is 0 Å². The van der Waals surface area contributed by atoms with Crippen molar-refractivity contribution in [1.29, 1.82) is 0 Å². The van der Waals surface area contributed by atoms with Crippen LogP contribution in [0.4, 0.5) is 16.5 Å². The quantitative estimate of drug-likeness (QED) is 0.522. The van der Waals surface area contributed by atoms with E-state index in [0.29, 0.717) is 0 Å². The Labute approximate surface area is 166 Å². The molecule has 0 saturated carbocycles. The van der Waals surface area contributed by atoms with Gasteiger partial charge in [0.1, 0.15) is 0 Å². The fraction of sp³-hybridized carbons (Fsp3) is 0.200. The summed E-state index contributed by atoms with van der Waals surface area (Å²) in [4.78, 5) is 9.53. The van der Waals surface area contributed by atoms with Crippen molar-refractivity contribution in [1.82, 2.24) is 14.6 Å². The van der Waals surface area contributed by atoms with Crippen LogP contribution in [0.2, 0.25) is 0 Å². The Morgan fingerprint density at radius 2 is 1.86 bits per heavy atom. The smallest absolute Gasteiger partial charge is 0.231 e. The van der Waals surface area contributed by atoms with Gasteiger partial charge in [-0.05, 0) is 24.3 Å². The molecular weight excluding hydrogens is 374 g/mol. The van der Waals surface area contributed by atoms with Crippen LogP contribution in [-0.4, -0.2) is 42.5 Å². The predicted molar refractivity (Wildman–Crippen MR) is 111 cm³/mol. The zero-order chi connectivity index (χ0) is 19.3. The Balaban J connectivity index is 1.52. The molecule has 0 N–H and O–H groups in total. The average Bonchev–Trinajstić information content (AvgIpc) is 3.42. The van der Waals surface area contributed by atoms with Gasteiger partial charge in [-0.1, -0.05) is 23.5 Å². The summed E-state index contributed by atoms with van der Waals surface area (Å²) in [7, 11) is 6.06. The van der Waals surface area contributed by atoms with E-state index in [2.05, 4.69) is 34.1 Å². The summed E-state index contributed by atoms with van der Waals surface area (Å²) >= 11 is 1.54. The third-order valence-electron chi connectivity index (χ3n) is 4.76. The van der Waals surface area contributed by atoms with Gasteiger partial charge >= 0.3 is 0 Å². The maximum atomic E-state index is 5.49. The van der Waals surface area contributed by atoms with Gasteiger partial charge in [-0.3, -0.25) is 0 Å². The first-order valence-electron chi connectivity index (χ1n) is 8.86. The highest BCUT2D eigenvalue weighted by Crippen LogP contribution is 2.38. The minimum absolute atomic E-state index is 0.267.